The van der Waals surface area contributed by atoms with Crippen LogP contribution in [0.2, 0.25) is 0 Å². The van der Waals surface area contributed by atoms with Crippen molar-refractivity contribution >= 4 is 11.9 Å². The molecular formula is C12H21NO4. The maximum absolute atomic E-state index is 11.9. The largest absolute Gasteiger partial charge is 0.468 e. The van der Waals surface area contributed by atoms with Gasteiger partial charge in [-0.05, 0) is 19.8 Å². The van der Waals surface area contributed by atoms with E-state index in [1.165, 1.54) is 7.11 Å². The number of amides is 1. The van der Waals surface area contributed by atoms with Gasteiger partial charge in [-0.1, -0.05) is 12.8 Å². The zero-order valence-corrected chi connectivity index (χ0v) is 10.6. The van der Waals surface area contributed by atoms with Crippen molar-refractivity contribution in [3.63, 3.8) is 0 Å². The molecule has 5 nitrogen and oxygen atoms in total. The van der Waals surface area contributed by atoms with Crippen LogP contribution >= 0.6 is 0 Å². The molecule has 0 spiro atoms. The molecule has 0 bridgehead atoms. The molecule has 5 heteroatoms. The first-order valence-electron chi connectivity index (χ1n) is 6.13. The molecule has 1 amide bonds. The summed E-state index contributed by atoms with van der Waals surface area (Å²) >= 11 is 0. The number of hydrogen-bond donors (Lipinski definition) is 0. The van der Waals surface area contributed by atoms with Gasteiger partial charge < -0.3 is 14.4 Å². The Kier molecular flexibility index (Phi) is 5.97. The molecule has 1 aliphatic rings. The van der Waals surface area contributed by atoms with Crippen LogP contribution in [0.25, 0.3) is 0 Å². The zero-order chi connectivity index (χ0) is 12.7. The third-order valence-electron chi connectivity index (χ3n) is 3.04. The fourth-order valence-corrected chi connectivity index (χ4v) is 2.11. The molecule has 1 saturated carbocycles. The topological polar surface area (TPSA) is 55.8 Å². The highest BCUT2D eigenvalue weighted by atomic mass is 16.5. The van der Waals surface area contributed by atoms with Crippen molar-refractivity contribution in [1.29, 1.82) is 0 Å². The fraction of sp³-hybridized carbons (Fsp3) is 0.833. The number of carbonyl (C=O) groups is 2. The highest BCUT2D eigenvalue weighted by molar-refractivity contribution is 5.83. The normalized spacial score (nSPS) is 15.9. The quantitative estimate of drug-likeness (QED) is 0.652. The summed E-state index contributed by atoms with van der Waals surface area (Å²) in [6.45, 7) is 2.42. The zero-order valence-electron chi connectivity index (χ0n) is 10.6. The molecule has 0 N–H and O–H groups in total. The Morgan fingerprint density at radius 3 is 2.47 bits per heavy atom. The summed E-state index contributed by atoms with van der Waals surface area (Å²) in [5.74, 6) is -0.495. The van der Waals surface area contributed by atoms with E-state index in [0.717, 1.165) is 25.7 Å². The minimum atomic E-state index is -0.373. The first kappa shape index (κ1) is 14.0. The number of nitrogens with zero attached hydrogens (tertiary/aromatic N) is 1. The Balaban J connectivity index is 2.56. The first-order chi connectivity index (χ1) is 8.19. The standard InChI is InChI=1S/C12H21NO4/c1-3-17-9-11(14)13(8-12(15)16-2)10-6-4-5-7-10/h10H,3-9H2,1-2H3. The molecule has 0 heterocycles. The van der Waals surface area contributed by atoms with E-state index in [4.69, 9.17) is 4.74 Å². The van der Waals surface area contributed by atoms with Crippen LogP contribution in [0.15, 0.2) is 0 Å². The molecule has 0 radical (unpaired) electrons. The monoisotopic (exact) mass is 243 g/mol. The highest BCUT2D eigenvalue weighted by Crippen LogP contribution is 2.23. The maximum atomic E-state index is 11.9. The van der Waals surface area contributed by atoms with Crippen LogP contribution in [0.3, 0.4) is 0 Å². The number of hydrogen-bond acceptors (Lipinski definition) is 4. The van der Waals surface area contributed by atoms with Gasteiger partial charge >= 0.3 is 5.97 Å². The molecule has 1 fully saturated rings. The molecular weight excluding hydrogens is 222 g/mol. The Labute approximate surface area is 102 Å². The SMILES string of the molecule is CCOCC(=O)N(CC(=O)OC)C1CCCC1. The summed E-state index contributed by atoms with van der Waals surface area (Å²) in [6, 6.07) is 0.169. The van der Waals surface area contributed by atoms with E-state index in [1.54, 1.807) is 4.90 Å². The van der Waals surface area contributed by atoms with Gasteiger partial charge in [0.15, 0.2) is 0 Å². The Morgan fingerprint density at radius 1 is 1.29 bits per heavy atom. The van der Waals surface area contributed by atoms with E-state index in [1.807, 2.05) is 6.92 Å². The summed E-state index contributed by atoms with van der Waals surface area (Å²) in [7, 11) is 1.34. The third-order valence-corrected chi connectivity index (χ3v) is 3.04. The summed E-state index contributed by atoms with van der Waals surface area (Å²) in [4.78, 5) is 24.8. The van der Waals surface area contributed by atoms with Crippen LogP contribution in [0, 0.1) is 0 Å². The predicted octanol–water partition coefficient (Wildman–Crippen LogP) is 0.967. The van der Waals surface area contributed by atoms with Gasteiger partial charge in [0.05, 0.1) is 7.11 Å². The molecule has 0 aromatic heterocycles. The van der Waals surface area contributed by atoms with E-state index in [-0.39, 0.29) is 31.1 Å². The van der Waals surface area contributed by atoms with E-state index in [2.05, 4.69) is 4.74 Å². The second-order valence-corrected chi connectivity index (χ2v) is 4.17. The Bertz CT molecular complexity index is 261. The second kappa shape index (κ2) is 7.27. The molecule has 0 atom stereocenters. The molecule has 0 aliphatic heterocycles. The summed E-state index contributed by atoms with van der Waals surface area (Å²) in [5.41, 5.74) is 0. The van der Waals surface area contributed by atoms with E-state index in [9.17, 15) is 9.59 Å². The predicted molar refractivity (Wildman–Crippen MR) is 62.5 cm³/mol. The van der Waals surface area contributed by atoms with E-state index < -0.39 is 0 Å². The molecule has 0 aromatic rings. The molecule has 0 saturated heterocycles. The van der Waals surface area contributed by atoms with Gasteiger partial charge in [-0.15, -0.1) is 0 Å². The third kappa shape index (κ3) is 4.34. The average molecular weight is 243 g/mol. The van der Waals surface area contributed by atoms with Crippen LogP contribution in [0.4, 0.5) is 0 Å². The Morgan fingerprint density at radius 2 is 1.94 bits per heavy atom. The van der Waals surface area contributed by atoms with Crippen molar-refractivity contribution in [2.75, 3.05) is 26.9 Å². The van der Waals surface area contributed by atoms with Crippen LogP contribution in [0.1, 0.15) is 32.6 Å². The molecule has 1 aliphatic carbocycles. The molecule has 98 valence electrons. The van der Waals surface area contributed by atoms with Gasteiger partial charge in [0.2, 0.25) is 5.91 Å². The van der Waals surface area contributed by atoms with Crippen molar-refractivity contribution in [2.45, 2.75) is 38.6 Å². The van der Waals surface area contributed by atoms with Crippen molar-refractivity contribution in [1.82, 2.24) is 4.90 Å². The van der Waals surface area contributed by atoms with Crippen molar-refractivity contribution < 1.29 is 19.1 Å². The smallest absolute Gasteiger partial charge is 0.325 e. The summed E-state index contributed by atoms with van der Waals surface area (Å²) in [6.07, 6.45) is 4.16. The van der Waals surface area contributed by atoms with E-state index >= 15 is 0 Å². The summed E-state index contributed by atoms with van der Waals surface area (Å²) < 4.78 is 9.73. The van der Waals surface area contributed by atoms with Crippen molar-refractivity contribution in [2.24, 2.45) is 0 Å². The minimum Gasteiger partial charge on any atom is -0.468 e. The Hall–Kier alpha value is -1.10. The average Bonchev–Trinajstić information content (AvgIpc) is 2.86. The van der Waals surface area contributed by atoms with Gasteiger partial charge in [-0.2, -0.15) is 0 Å². The van der Waals surface area contributed by atoms with Crippen LogP contribution in [0.5, 0.6) is 0 Å². The number of rotatable bonds is 6. The van der Waals surface area contributed by atoms with Crippen molar-refractivity contribution in [3.8, 4) is 0 Å². The lowest BCUT2D eigenvalue weighted by Crippen LogP contribution is -2.44. The number of ether oxygens (including phenoxy) is 2. The van der Waals surface area contributed by atoms with E-state index in [0.29, 0.717) is 6.61 Å². The van der Waals surface area contributed by atoms with Gasteiger partial charge in [-0.25, -0.2) is 0 Å². The first-order valence-corrected chi connectivity index (χ1v) is 6.13. The van der Waals surface area contributed by atoms with Gasteiger partial charge in [0.1, 0.15) is 13.2 Å². The van der Waals surface area contributed by atoms with Crippen LogP contribution < -0.4 is 0 Å². The minimum absolute atomic E-state index is 0.0348. The van der Waals surface area contributed by atoms with Crippen LogP contribution in [-0.2, 0) is 19.1 Å². The summed E-state index contributed by atoms with van der Waals surface area (Å²) in [5, 5.41) is 0. The maximum Gasteiger partial charge on any atom is 0.325 e. The van der Waals surface area contributed by atoms with Crippen LogP contribution in [-0.4, -0.2) is 49.7 Å². The number of esters is 1. The molecule has 17 heavy (non-hydrogen) atoms. The second-order valence-electron chi connectivity index (χ2n) is 4.17. The molecule has 0 unspecified atom stereocenters. The highest BCUT2D eigenvalue weighted by Gasteiger charge is 2.28. The van der Waals surface area contributed by atoms with Crippen molar-refractivity contribution in [3.05, 3.63) is 0 Å². The lowest BCUT2D eigenvalue weighted by atomic mass is 10.2. The number of carbonyl (C=O) groups excluding carboxylic acids is 2. The molecule has 0 aromatic carbocycles. The lowest BCUT2D eigenvalue weighted by molar-refractivity contribution is -0.150. The van der Waals surface area contributed by atoms with Gasteiger partial charge in [0.25, 0.3) is 0 Å². The molecule has 1 rings (SSSR count). The van der Waals surface area contributed by atoms with Gasteiger partial charge in [0, 0.05) is 12.6 Å². The lowest BCUT2D eigenvalue weighted by Gasteiger charge is -2.27. The van der Waals surface area contributed by atoms with Gasteiger partial charge in [-0.3, -0.25) is 9.59 Å². The fourth-order valence-electron chi connectivity index (χ4n) is 2.11. The number of methoxy groups -OCH3 is 1.